The lowest BCUT2D eigenvalue weighted by Crippen LogP contribution is -2.52. The Kier molecular flexibility index (Phi) is 15.1. The van der Waals surface area contributed by atoms with Gasteiger partial charge in [-0.15, -0.1) is 0 Å². The lowest BCUT2D eigenvalue weighted by Gasteiger charge is -2.42. The van der Waals surface area contributed by atoms with Crippen molar-refractivity contribution in [2.75, 3.05) is 12.3 Å². The molecule has 41 heavy (non-hydrogen) atoms. The summed E-state index contributed by atoms with van der Waals surface area (Å²) in [5.74, 6) is 0. The lowest BCUT2D eigenvalue weighted by atomic mass is 10.1. The maximum Gasteiger partial charge on any atom is 0.330 e. The number of hydrogen-bond acceptors (Lipinski definition) is 8. The minimum absolute atomic E-state index is 0. The van der Waals surface area contributed by atoms with Crippen molar-refractivity contribution >= 4 is 69.2 Å². The molecule has 0 bridgehead atoms. The third-order valence-electron chi connectivity index (χ3n) is 5.11. The largest absolute Gasteiger partial charge is 0.330 e. The molecule has 0 aliphatic carbocycles. The lowest BCUT2D eigenvalue weighted by molar-refractivity contribution is 0.279. The van der Waals surface area contributed by atoms with Gasteiger partial charge in [-0.1, -0.05) is 0 Å². The van der Waals surface area contributed by atoms with Crippen LogP contribution in [0.1, 0.15) is 0 Å². The first-order valence-corrected chi connectivity index (χ1v) is 23.0. The van der Waals surface area contributed by atoms with Gasteiger partial charge in [0.25, 0.3) is 0 Å². The van der Waals surface area contributed by atoms with E-state index in [0.717, 1.165) is 0 Å². The fourth-order valence-electron chi connectivity index (χ4n) is 3.82. The molecular formula is C8H29BO24P8. The van der Waals surface area contributed by atoms with Gasteiger partial charge in [0, 0.05) is 0 Å². The molecule has 6 atom stereocenters. The van der Waals surface area contributed by atoms with Crippen molar-refractivity contribution in [1.29, 1.82) is 0 Å². The fraction of sp³-hybridized carbons (Fsp3) is 1.00. The summed E-state index contributed by atoms with van der Waals surface area (Å²) in [6.07, 6.45) is -4.77. The highest BCUT2D eigenvalue weighted by atomic mass is 31.2. The molecule has 0 aromatic rings. The van der Waals surface area contributed by atoms with Crippen molar-refractivity contribution in [2.24, 2.45) is 0 Å². The van der Waals surface area contributed by atoms with Crippen LogP contribution in [0.15, 0.2) is 0 Å². The molecule has 0 saturated heterocycles. The number of hydrogen-bond donors (Lipinski definition) is 16. The van der Waals surface area contributed by atoms with Crippen LogP contribution in [0.3, 0.4) is 0 Å². The minimum atomic E-state index is -6.91. The second-order valence-electron chi connectivity index (χ2n) is 8.33. The van der Waals surface area contributed by atoms with Gasteiger partial charge >= 0.3 is 60.8 Å². The molecule has 0 aromatic heterocycles. The van der Waals surface area contributed by atoms with Gasteiger partial charge in [0.1, 0.15) is 0 Å². The molecule has 0 aliphatic heterocycles. The molecule has 0 radical (unpaired) electrons. The second-order valence-corrected chi connectivity index (χ2v) is 22.5. The van der Waals surface area contributed by atoms with E-state index < -0.39 is 107 Å². The van der Waals surface area contributed by atoms with Crippen LogP contribution in [0.5, 0.6) is 0 Å². The number of rotatable bonds is 15. The highest BCUT2D eigenvalue weighted by Gasteiger charge is 2.67. The summed E-state index contributed by atoms with van der Waals surface area (Å²) < 4.78 is 96.6. The molecule has 0 spiro atoms. The molecule has 0 saturated carbocycles. The molecule has 0 rings (SSSR count). The first-order chi connectivity index (χ1) is 16.9. The highest BCUT2D eigenvalue weighted by molar-refractivity contribution is 7.64. The van der Waals surface area contributed by atoms with E-state index in [1.165, 1.54) is 0 Å². The van der Waals surface area contributed by atoms with Gasteiger partial charge in [-0.05, 0) is 0 Å². The average Bonchev–Trinajstić information content (AvgIpc) is 2.54. The van der Waals surface area contributed by atoms with Gasteiger partial charge in [-0.2, -0.15) is 0 Å². The zero-order valence-electron chi connectivity index (χ0n) is 18.9. The van der Waals surface area contributed by atoms with Crippen molar-refractivity contribution < 1.29 is 115 Å². The second kappa shape index (κ2) is 13.9. The van der Waals surface area contributed by atoms with Crippen molar-refractivity contribution in [2.45, 2.75) is 34.0 Å². The average molecular weight is 768 g/mol. The van der Waals surface area contributed by atoms with E-state index in [2.05, 4.69) is 0 Å². The van der Waals surface area contributed by atoms with Gasteiger partial charge < -0.3 is 78.3 Å². The first kappa shape index (κ1) is 44.4. The zero-order chi connectivity index (χ0) is 32.9. The molecule has 0 heterocycles. The van der Waals surface area contributed by atoms with E-state index >= 15 is 0 Å². The quantitative estimate of drug-likeness (QED) is 0.0551. The van der Waals surface area contributed by atoms with Crippen LogP contribution < -0.4 is 0 Å². The van der Waals surface area contributed by atoms with Gasteiger partial charge in [-0.25, -0.2) is 0 Å². The molecule has 6 unspecified atom stereocenters. The molecule has 0 fully saturated rings. The molecule has 33 heteroatoms. The Morgan fingerprint density at radius 1 is 0.317 bits per heavy atom. The highest BCUT2D eigenvalue weighted by Crippen LogP contribution is 2.72. The van der Waals surface area contributed by atoms with Crippen LogP contribution in [0.4, 0.5) is 0 Å². The normalized spacial score (nSPS) is 19.4. The van der Waals surface area contributed by atoms with Gasteiger partial charge in [0.15, 0.2) is 0 Å². The van der Waals surface area contributed by atoms with E-state index in [1.54, 1.807) is 0 Å². The molecular weight excluding hydrogens is 739 g/mol. The molecule has 0 aliphatic rings. The SMILES string of the molecule is B.O=P(O)(O)CC(C(C(C(C(C(CP(=O)(O)O)P(=O)(O)O)P(=O)(O)O)P(=O)(O)O)P(=O)(O)O)P(=O)(O)O)P(=O)(O)O. The summed E-state index contributed by atoms with van der Waals surface area (Å²) in [6.45, 7) is 0. The monoisotopic (exact) mass is 768 g/mol. The van der Waals surface area contributed by atoms with E-state index in [-0.39, 0.29) is 8.41 Å². The van der Waals surface area contributed by atoms with Crippen LogP contribution in [0, 0.1) is 0 Å². The van der Waals surface area contributed by atoms with Crippen LogP contribution in [-0.4, -0.2) is 133 Å². The maximum atomic E-state index is 12.5. The van der Waals surface area contributed by atoms with E-state index in [4.69, 9.17) is 19.6 Å². The van der Waals surface area contributed by atoms with Crippen molar-refractivity contribution in [3.63, 3.8) is 0 Å². The topological polar surface area (TPSA) is 460 Å². The standard InChI is InChI=1S/C8H26O24P8.BH3/c9-33(10,11)1-3(35(15,16)17)5(37(21,22)23)7(39(27,28)29)8(40(30,31)32)6(38(24,25)26)4(36(18,19)20)2-34(12,13)14;/h3-8H,1-2H2,(H2,9,10,11)(H2,12,13,14)(H2,15,16,17)(H2,18,19,20)(H2,21,22,23)(H2,24,25,26)(H2,27,28,29)(H2,30,31,32);1H3. The van der Waals surface area contributed by atoms with E-state index in [0.29, 0.717) is 0 Å². The molecule has 16 N–H and O–H groups in total. The molecule has 248 valence electrons. The van der Waals surface area contributed by atoms with Crippen LogP contribution in [0.25, 0.3) is 0 Å². The van der Waals surface area contributed by atoms with Gasteiger partial charge in [0.2, 0.25) is 0 Å². The Labute approximate surface area is 230 Å². The van der Waals surface area contributed by atoms with E-state index in [1.807, 2.05) is 0 Å². The minimum Gasteiger partial charge on any atom is -0.324 e. The fourth-order valence-corrected chi connectivity index (χ4v) is 20.1. The van der Waals surface area contributed by atoms with Crippen molar-refractivity contribution in [1.82, 2.24) is 0 Å². The predicted molar refractivity (Wildman–Crippen MR) is 139 cm³/mol. The molecule has 24 nitrogen and oxygen atoms in total. The Bertz CT molecular complexity index is 1190. The van der Waals surface area contributed by atoms with Gasteiger partial charge in [-0.3, -0.25) is 36.5 Å². The Balaban J connectivity index is 0. The van der Waals surface area contributed by atoms with Crippen molar-refractivity contribution in [3.8, 4) is 0 Å². The Hall–Kier alpha value is 1.26. The Morgan fingerprint density at radius 3 is 0.585 bits per heavy atom. The molecule has 0 amide bonds. The third kappa shape index (κ3) is 14.1. The summed E-state index contributed by atoms with van der Waals surface area (Å²) in [4.78, 5) is 153. The van der Waals surface area contributed by atoms with Gasteiger partial charge in [0.05, 0.1) is 54.7 Å². The summed E-state index contributed by atoms with van der Waals surface area (Å²) in [7, 11) is -52.1. The molecule has 0 aromatic carbocycles. The van der Waals surface area contributed by atoms with Crippen molar-refractivity contribution in [3.05, 3.63) is 0 Å². The summed E-state index contributed by atoms with van der Waals surface area (Å²) >= 11 is 0. The zero-order valence-corrected chi connectivity index (χ0v) is 26.0. The van der Waals surface area contributed by atoms with E-state index in [9.17, 15) is 95.2 Å². The Morgan fingerprint density at radius 2 is 0.488 bits per heavy atom. The first-order valence-electron chi connectivity index (χ1n) is 9.33. The smallest absolute Gasteiger partial charge is 0.324 e. The third-order valence-corrected chi connectivity index (χ3v) is 17.1. The maximum absolute atomic E-state index is 12.5. The van der Waals surface area contributed by atoms with Crippen LogP contribution >= 0.6 is 60.8 Å². The van der Waals surface area contributed by atoms with Crippen LogP contribution in [0.2, 0.25) is 0 Å². The van der Waals surface area contributed by atoms with Crippen LogP contribution in [-0.2, 0) is 36.5 Å². The summed E-state index contributed by atoms with van der Waals surface area (Å²) in [6, 6.07) is 0. The predicted octanol–water partition coefficient (Wildman–Crippen LogP) is -4.56. The summed E-state index contributed by atoms with van der Waals surface area (Å²) in [5, 5.41) is 0. The summed E-state index contributed by atoms with van der Waals surface area (Å²) in [5.41, 5.74) is -23.8.